The van der Waals surface area contributed by atoms with Crippen LogP contribution in [0.1, 0.15) is 39.0 Å². The van der Waals surface area contributed by atoms with Gasteiger partial charge in [0.2, 0.25) is 0 Å². The molecule has 0 aromatic carbocycles. The molecule has 0 amide bonds. The smallest absolute Gasteiger partial charge is 0.0195 e. The van der Waals surface area contributed by atoms with Gasteiger partial charge < -0.3 is 10.2 Å². The van der Waals surface area contributed by atoms with Crippen molar-refractivity contribution in [3.63, 3.8) is 0 Å². The molecule has 1 N–H and O–H groups in total. The van der Waals surface area contributed by atoms with E-state index in [9.17, 15) is 0 Å². The number of hydrogen-bond acceptors (Lipinski definition) is 2. The van der Waals surface area contributed by atoms with Crippen LogP contribution in [0.4, 0.5) is 0 Å². The topological polar surface area (TPSA) is 15.3 Å². The molecule has 0 radical (unpaired) electrons. The number of hydrogen-bond donors (Lipinski definition) is 1. The third kappa shape index (κ3) is 4.29. The number of nitrogens with zero attached hydrogens (tertiary/aromatic N) is 1. The summed E-state index contributed by atoms with van der Waals surface area (Å²) in [5.41, 5.74) is 0. The van der Waals surface area contributed by atoms with Gasteiger partial charge in [0.05, 0.1) is 0 Å². The number of likely N-dealkylation sites (tertiary alicyclic amines) is 1. The molecule has 2 unspecified atom stereocenters. The van der Waals surface area contributed by atoms with Crippen LogP contribution in [0.25, 0.3) is 0 Å². The van der Waals surface area contributed by atoms with Crippen molar-refractivity contribution in [2.45, 2.75) is 45.1 Å². The third-order valence-electron chi connectivity index (χ3n) is 3.63. The van der Waals surface area contributed by atoms with Gasteiger partial charge in [-0.15, -0.1) is 12.4 Å². The zero-order valence-corrected chi connectivity index (χ0v) is 10.7. The lowest BCUT2D eigenvalue weighted by Gasteiger charge is -2.35. The van der Waals surface area contributed by atoms with Crippen molar-refractivity contribution in [2.75, 3.05) is 26.2 Å². The van der Waals surface area contributed by atoms with Crippen LogP contribution in [0, 0.1) is 5.92 Å². The summed E-state index contributed by atoms with van der Waals surface area (Å²) >= 11 is 0. The Bertz CT molecular complexity index is 169. The van der Waals surface area contributed by atoms with Gasteiger partial charge in [-0.2, -0.15) is 0 Å². The van der Waals surface area contributed by atoms with Gasteiger partial charge in [0.1, 0.15) is 0 Å². The molecule has 2 saturated heterocycles. The lowest BCUT2D eigenvalue weighted by atomic mass is 9.98. The average Bonchev–Trinajstić information content (AvgIpc) is 2.19. The molecule has 2 rings (SSSR count). The van der Waals surface area contributed by atoms with Gasteiger partial charge in [-0.3, -0.25) is 0 Å². The first-order chi connectivity index (χ1) is 6.84. The molecule has 2 atom stereocenters. The van der Waals surface area contributed by atoms with Crippen molar-refractivity contribution in [3.05, 3.63) is 0 Å². The van der Waals surface area contributed by atoms with Crippen molar-refractivity contribution in [2.24, 2.45) is 5.92 Å². The second kappa shape index (κ2) is 6.72. The fraction of sp³-hybridized carbons (Fsp3) is 1.00. The van der Waals surface area contributed by atoms with Crippen LogP contribution >= 0.6 is 12.4 Å². The molecule has 90 valence electrons. The Morgan fingerprint density at radius 1 is 1.20 bits per heavy atom. The molecule has 2 heterocycles. The van der Waals surface area contributed by atoms with E-state index in [1.807, 2.05) is 0 Å². The first kappa shape index (κ1) is 13.3. The Kier molecular flexibility index (Phi) is 5.95. The summed E-state index contributed by atoms with van der Waals surface area (Å²) in [5.74, 6) is 0.923. The van der Waals surface area contributed by atoms with Gasteiger partial charge in [-0.05, 0) is 44.7 Å². The van der Waals surface area contributed by atoms with Crippen LogP contribution in [-0.2, 0) is 0 Å². The Labute approximate surface area is 100 Å². The van der Waals surface area contributed by atoms with Crippen LogP contribution in [0.5, 0.6) is 0 Å². The molecular formula is C12H25ClN2. The molecule has 2 nitrogen and oxygen atoms in total. The largest absolute Gasteiger partial charge is 0.313 e. The van der Waals surface area contributed by atoms with Gasteiger partial charge in [-0.1, -0.05) is 13.3 Å². The van der Waals surface area contributed by atoms with E-state index >= 15 is 0 Å². The van der Waals surface area contributed by atoms with E-state index in [1.54, 1.807) is 0 Å². The summed E-state index contributed by atoms with van der Waals surface area (Å²) in [6, 6.07) is 0.786. The van der Waals surface area contributed by atoms with Crippen molar-refractivity contribution >= 4 is 12.4 Å². The predicted molar refractivity (Wildman–Crippen MR) is 67.7 cm³/mol. The Balaban J connectivity index is 0.00000112. The molecule has 0 spiro atoms. The van der Waals surface area contributed by atoms with E-state index in [4.69, 9.17) is 0 Å². The molecule has 0 aliphatic carbocycles. The van der Waals surface area contributed by atoms with Crippen molar-refractivity contribution in [1.29, 1.82) is 0 Å². The maximum Gasteiger partial charge on any atom is 0.0195 e. The minimum absolute atomic E-state index is 0. The molecule has 0 aromatic rings. The number of rotatable bonds is 2. The van der Waals surface area contributed by atoms with Crippen LogP contribution in [-0.4, -0.2) is 37.1 Å². The van der Waals surface area contributed by atoms with Crippen LogP contribution in [0.3, 0.4) is 0 Å². The van der Waals surface area contributed by atoms with E-state index < -0.39 is 0 Å². The van der Waals surface area contributed by atoms with Gasteiger partial charge in [0.15, 0.2) is 0 Å². The van der Waals surface area contributed by atoms with Crippen molar-refractivity contribution in [3.8, 4) is 0 Å². The number of piperidine rings is 2. The standard InChI is InChI=1S/C12H24N2.ClH/c1-11-5-4-8-14(9-11)10-12-6-2-3-7-13-12;/h11-13H,2-10H2,1H3;1H. The summed E-state index contributed by atoms with van der Waals surface area (Å²) in [7, 11) is 0. The van der Waals surface area contributed by atoms with Gasteiger partial charge in [0.25, 0.3) is 0 Å². The molecular weight excluding hydrogens is 208 g/mol. The highest BCUT2D eigenvalue weighted by molar-refractivity contribution is 5.85. The molecule has 2 aliphatic heterocycles. The van der Waals surface area contributed by atoms with E-state index in [2.05, 4.69) is 17.1 Å². The number of nitrogens with one attached hydrogen (secondary N) is 1. The molecule has 2 aliphatic rings. The number of halogens is 1. The summed E-state index contributed by atoms with van der Waals surface area (Å²) < 4.78 is 0. The molecule has 0 saturated carbocycles. The van der Waals surface area contributed by atoms with Crippen LogP contribution in [0.15, 0.2) is 0 Å². The second-order valence-corrected chi connectivity index (χ2v) is 5.15. The summed E-state index contributed by atoms with van der Waals surface area (Å²) in [6.07, 6.45) is 7.06. The maximum atomic E-state index is 3.64. The van der Waals surface area contributed by atoms with Crippen molar-refractivity contribution < 1.29 is 0 Å². The minimum Gasteiger partial charge on any atom is -0.313 e. The fourth-order valence-electron chi connectivity index (χ4n) is 2.84. The minimum atomic E-state index is 0. The van der Waals surface area contributed by atoms with Gasteiger partial charge in [0, 0.05) is 19.1 Å². The summed E-state index contributed by atoms with van der Waals surface area (Å²) in [6.45, 7) is 7.60. The second-order valence-electron chi connectivity index (χ2n) is 5.15. The lowest BCUT2D eigenvalue weighted by Crippen LogP contribution is -2.46. The molecule has 2 fully saturated rings. The Morgan fingerprint density at radius 3 is 2.73 bits per heavy atom. The first-order valence-electron chi connectivity index (χ1n) is 6.30. The fourth-order valence-corrected chi connectivity index (χ4v) is 2.84. The molecule has 0 bridgehead atoms. The Hall–Kier alpha value is 0.210. The zero-order chi connectivity index (χ0) is 9.80. The SMILES string of the molecule is CC1CCCN(CC2CCCCN2)C1.Cl. The molecule has 3 heteroatoms. The molecule has 15 heavy (non-hydrogen) atoms. The lowest BCUT2D eigenvalue weighted by molar-refractivity contribution is 0.159. The third-order valence-corrected chi connectivity index (χ3v) is 3.63. The van der Waals surface area contributed by atoms with Gasteiger partial charge in [-0.25, -0.2) is 0 Å². The predicted octanol–water partition coefficient (Wildman–Crippen LogP) is 2.28. The van der Waals surface area contributed by atoms with Crippen LogP contribution < -0.4 is 5.32 Å². The normalized spacial score (nSPS) is 33.4. The van der Waals surface area contributed by atoms with E-state index in [0.717, 1.165) is 12.0 Å². The van der Waals surface area contributed by atoms with E-state index in [0.29, 0.717) is 0 Å². The van der Waals surface area contributed by atoms with Gasteiger partial charge >= 0.3 is 0 Å². The highest BCUT2D eigenvalue weighted by Gasteiger charge is 2.20. The maximum absolute atomic E-state index is 3.64. The highest BCUT2D eigenvalue weighted by atomic mass is 35.5. The Morgan fingerprint density at radius 2 is 2.07 bits per heavy atom. The van der Waals surface area contributed by atoms with Crippen LogP contribution in [0.2, 0.25) is 0 Å². The molecule has 0 aromatic heterocycles. The first-order valence-corrected chi connectivity index (χ1v) is 6.30. The summed E-state index contributed by atoms with van der Waals surface area (Å²) in [5, 5.41) is 3.64. The van der Waals surface area contributed by atoms with E-state index in [1.165, 1.54) is 58.3 Å². The monoisotopic (exact) mass is 232 g/mol. The van der Waals surface area contributed by atoms with Crippen molar-refractivity contribution in [1.82, 2.24) is 10.2 Å². The quantitative estimate of drug-likeness (QED) is 0.786. The zero-order valence-electron chi connectivity index (χ0n) is 9.87. The highest BCUT2D eigenvalue weighted by Crippen LogP contribution is 2.17. The summed E-state index contributed by atoms with van der Waals surface area (Å²) in [4.78, 5) is 2.66. The average molecular weight is 233 g/mol. The van der Waals surface area contributed by atoms with E-state index in [-0.39, 0.29) is 12.4 Å².